The van der Waals surface area contributed by atoms with Gasteiger partial charge in [-0.25, -0.2) is 0 Å². The summed E-state index contributed by atoms with van der Waals surface area (Å²) >= 11 is 0. The Morgan fingerprint density at radius 2 is 1.79 bits per heavy atom. The summed E-state index contributed by atoms with van der Waals surface area (Å²) in [7, 11) is 1.66. The van der Waals surface area contributed by atoms with Crippen LogP contribution in [0.3, 0.4) is 0 Å². The first-order valence-corrected chi connectivity index (χ1v) is 9.31. The molecule has 2 aromatic heterocycles. The molecule has 0 radical (unpaired) electrons. The van der Waals surface area contributed by atoms with Crippen molar-refractivity contribution in [2.24, 2.45) is 0 Å². The summed E-state index contributed by atoms with van der Waals surface area (Å²) in [6.07, 6.45) is 0. The lowest BCUT2D eigenvalue weighted by molar-refractivity contribution is 0.297. The number of ether oxygens (including phenoxy) is 2. The first-order chi connectivity index (χ1) is 14.3. The summed E-state index contributed by atoms with van der Waals surface area (Å²) in [5.74, 6) is 1.96. The van der Waals surface area contributed by atoms with Crippen LogP contribution in [0.4, 0.5) is 0 Å². The van der Waals surface area contributed by atoms with Gasteiger partial charge in [0.2, 0.25) is 5.82 Å². The zero-order chi connectivity index (χ0) is 19.6. The Morgan fingerprint density at radius 3 is 2.59 bits per heavy atom. The molecule has 7 heteroatoms. The molecule has 0 unspecified atom stereocenters. The van der Waals surface area contributed by atoms with Crippen molar-refractivity contribution >= 4 is 21.8 Å². The molecule has 29 heavy (non-hydrogen) atoms. The maximum absolute atomic E-state index is 6.10. The van der Waals surface area contributed by atoms with Gasteiger partial charge in [0.15, 0.2) is 6.61 Å². The van der Waals surface area contributed by atoms with Crippen molar-refractivity contribution in [2.45, 2.75) is 13.2 Å². The average molecular weight is 385 g/mol. The highest BCUT2D eigenvalue weighted by Crippen LogP contribution is 2.39. The third-order valence-electron chi connectivity index (χ3n) is 4.98. The summed E-state index contributed by atoms with van der Waals surface area (Å²) in [5.41, 5.74) is 3.42. The minimum absolute atomic E-state index is 0.219. The van der Waals surface area contributed by atoms with Crippen LogP contribution in [-0.2, 0) is 13.2 Å². The molecule has 0 atom stereocenters. The highest BCUT2D eigenvalue weighted by molar-refractivity contribution is 6.11. The fourth-order valence-electron chi connectivity index (χ4n) is 3.66. The Labute approximate surface area is 166 Å². The van der Waals surface area contributed by atoms with Gasteiger partial charge in [0.05, 0.1) is 12.6 Å². The Bertz CT molecular complexity index is 1260. The van der Waals surface area contributed by atoms with Crippen LogP contribution in [0.15, 0.2) is 66.7 Å². The molecular formula is C22H19N5O2. The number of nitrogens with one attached hydrogen (secondary N) is 1. The smallest absolute Gasteiger partial charge is 0.211 e. The second-order valence-corrected chi connectivity index (χ2v) is 6.73. The van der Waals surface area contributed by atoms with E-state index in [-0.39, 0.29) is 6.61 Å². The predicted molar refractivity (Wildman–Crippen MR) is 110 cm³/mol. The second-order valence-electron chi connectivity index (χ2n) is 6.73. The molecule has 3 aromatic carbocycles. The monoisotopic (exact) mass is 385 g/mol. The van der Waals surface area contributed by atoms with E-state index in [1.807, 2.05) is 18.2 Å². The molecule has 0 spiro atoms. The number of nitrogens with zero attached hydrogens (tertiary/aromatic N) is 4. The molecule has 5 aromatic rings. The summed E-state index contributed by atoms with van der Waals surface area (Å²) in [4.78, 5) is 0. The number of methoxy groups -OCH3 is 1. The van der Waals surface area contributed by atoms with Gasteiger partial charge in [0, 0.05) is 35.0 Å². The highest BCUT2D eigenvalue weighted by Gasteiger charge is 2.17. The van der Waals surface area contributed by atoms with E-state index in [1.165, 1.54) is 5.56 Å². The van der Waals surface area contributed by atoms with Crippen LogP contribution < -0.4 is 9.47 Å². The number of fused-ring (bicyclic) bond motifs is 3. The van der Waals surface area contributed by atoms with Crippen LogP contribution >= 0.6 is 0 Å². The van der Waals surface area contributed by atoms with Crippen molar-refractivity contribution < 1.29 is 9.47 Å². The second kappa shape index (κ2) is 7.27. The molecule has 0 aliphatic heterocycles. The van der Waals surface area contributed by atoms with Crippen molar-refractivity contribution in [3.8, 4) is 11.5 Å². The molecule has 0 aliphatic carbocycles. The van der Waals surface area contributed by atoms with E-state index in [2.05, 4.69) is 73.7 Å². The number of hydrogen-bond acceptors (Lipinski definition) is 5. The van der Waals surface area contributed by atoms with Crippen LogP contribution in [0.1, 0.15) is 11.4 Å². The van der Waals surface area contributed by atoms with E-state index in [1.54, 1.807) is 7.11 Å². The minimum Gasteiger partial charge on any atom is -0.497 e. The molecule has 2 heterocycles. The molecule has 144 valence electrons. The largest absolute Gasteiger partial charge is 0.497 e. The Kier molecular flexibility index (Phi) is 4.32. The van der Waals surface area contributed by atoms with Crippen molar-refractivity contribution in [1.82, 2.24) is 25.2 Å². The zero-order valence-electron chi connectivity index (χ0n) is 15.9. The minimum atomic E-state index is 0.219. The lowest BCUT2D eigenvalue weighted by Gasteiger charge is -2.11. The lowest BCUT2D eigenvalue weighted by Crippen LogP contribution is -2.01. The Balaban J connectivity index is 1.70. The van der Waals surface area contributed by atoms with Gasteiger partial charge >= 0.3 is 0 Å². The quantitative estimate of drug-likeness (QED) is 0.479. The first kappa shape index (κ1) is 17.2. The van der Waals surface area contributed by atoms with Crippen LogP contribution in [0, 0.1) is 0 Å². The molecule has 0 fully saturated rings. The molecule has 1 N–H and O–H groups in total. The van der Waals surface area contributed by atoms with E-state index < -0.39 is 0 Å². The number of aromatic nitrogens is 5. The van der Waals surface area contributed by atoms with Crippen molar-refractivity contribution in [3.63, 3.8) is 0 Å². The topological polar surface area (TPSA) is 77.8 Å². The van der Waals surface area contributed by atoms with Crippen LogP contribution in [0.2, 0.25) is 0 Å². The number of H-pyrrole nitrogens is 1. The van der Waals surface area contributed by atoms with Crippen molar-refractivity contribution in [3.05, 3.63) is 78.1 Å². The van der Waals surface area contributed by atoms with E-state index in [0.717, 1.165) is 39.8 Å². The van der Waals surface area contributed by atoms with E-state index in [4.69, 9.17) is 9.47 Å². The van der Waals surface area contributed by atoms with Gasteiger partial charge in [0.1, 0.15) is 11.5 Å². The molecule has 0 amide bonds. The average Bonchev–Trinajstić information content (AvgIpc) is 3.40. The molecule has 0 bridgehead atoms. The van der Waals surface area contributed by atoms with Crippen LogP contribution in [0.5, 0.6) is 11.5 Å². The van der Waals surface area contributed by atoms with E-state index >= 15 is 0 Å². The summed E-state index contributed by atoms with van der Waals surface area (Å²) in [6.45, 7) is 0.971. The number of aromatic amines is 1. The van der Waals surface area contributed by atoms with Gasteiger partial charge in [-0.15, -0.1) is 10.2 Å². The molecule has 0 saturated heterocycles. The van der Waals surface area contributed by atoms with Crippen LogP contribution in [-0.4, -0.2) is 32.3 Å². The lowest BCUT2D eigenvalue weighted by atomic mass is 10.1. The zero-order valence-corrected chi connectivity index (χ0v) is 15.9. The summed E-state index contributed by atoms with van der Waals surface area (Å²) < 4.78 is 14.0. The van der Waals surface area contributed by atoms with Gasteiger partial charge in [-0.2, -0.15) is 5.21 Å². The fourth-order valence-corrected chi connectivity index (χ4v) is 3.66. The Morgan fingerprint density at radius 1 is 0.966 bits per heavy atom. The van der Waals surface area contributed by atoms with Gasteiger partial charge in [-0.1, -0.05) is 53.7 Å². The molecule has 0 aliphatic rings. The standard InChI is InChI=1S/C22H19N5O2/c1-28-16-11-19-22(20(12-16)29-14-21-23-25-26-24-21)17-9-5-6-10-18(17)27(19)13-15-7-3-2-4-8-15/h2-12H,13-14H2,1H3,(H,23,24,25,26). The number of rotatable bonds is 6. The highest BCUT2D eigenvalue weighted by atomic mass is 16.5. The van der Waals surface area contributed by atoms with Gasteiger partial charge in [-0.3, -0.25) is 0 Å². The van der Waals surface area contributed by atoms with Crippen LogP contribution in [0.25, 0.3) is 21.8 Å². The van der Waals surface area contributed by atoms with E-state index in [9.17, 15) is 0 Å². The predicted octanol–water partition coefficient (Wildman–Crippen LogP) is 3.94. The number of benzene rings is 3. The molecule has 0 saturated carbocycles. The normalized spacial score (nSPS) is 11.2. The molecular weight excluding hydrogens is 366 g/mol. The summed E-state index contributed by atoms with van der Waals surface area (Å²) in [5, 5.41) is 16.1. The van der Waals surface area contributed by atoms with Gasteiger partial charge in [0.25, 0.3) is 0 Å². The molecule has 5 rings (SSSR count). The summed E-state index contributed by atoms with van der Waals surface area (Å²) in [6, 6.07) is 22.7. The van der Waals surface area contributed by atoms with Crippen molar-refractivity contribution in [1.29, 1.82) is 0 Å². The van der Waals surface area contributed by atoms with E-state index in [0.29, 0.717) is 5.82 Å². The third kappa shape index (κ3) is 3.16. The fraction of sp³-hybridized carbons (Fsp3) is 0.136. The third-order valence-corrected chi connectivity index (χ3v) is 4.98. The van der Waals surface area contributed by atoms with Gasteiger partial charge < -0.3 is 14.0 Å². The number of tetrazole rings is 1. The maximum atomic E-state index is 6.10. The maximum Gasteiger partial charge on any atom is 0.211 e. The SMILES string of the molecule is COc1cc(OCc2nn[nH]n2)c2c3ccccc3n(Cc3ccccc3)c2c1. The number of hydrogen-bond donors (Lipinski definition) is 1. The van der Waals surface area contributed by atoms with Crippen molar-refractivity contribution in [2.75, 3.05) is 7.11 Å². The first-order valence-electron chi connectivity index (χ1n) is 9.31. The molecule has 7 nitrogen and oxygen atoms in total. The number of para-hydroxylation sites is 1. The van der Waals surface area contributed by atoms with Gasteiger partial charge in [-0.05, 0) is 11.6 Å². The Hall–Kier alpha value is -3.87.